The Labute approximate surface area is 360 Å². The van der Waals surface area contributed by atoms with Crippen LogP contribution in [0.2, 0.25) is 0 Å². The average Bonchev–Trinajstić information content (AvgIpc) is 3.14. The predicted octanol–water partition coefficient (Wildman–Crippen LogP) is -7.50. The summed E-state index contributed by atoms with van der Waals surface area (Å²) in [5.41, 5.74) is 0. The summed E-state index contributed by atoms with van der Waals surface area (Å²) < 4.78 is 94.9. The van der Waals surface area contributed by atoms with E-state index in [1.807, 2.05) is 5.32 Å². The molecule has 34 heteroatoms. The summed E-state index contributed by atoms with van der Waals surface area (Å²) in [6, 6.07) is -14.6. The van der Waals surface area contributed by atoms with Crippen LogP contribution in [0.15, 0.2) is 0 Å². The van der Waals surface area contributed by atoms with Crippen LogP contribution in [0.3, 0.4) is 0 Å². The van der Waals surface area contributed by atoms with Gasteiger partial charge in [0.15, 0.2) is 0 Å². The SMILES string of the molecule is O=C[C@@H]1CC(C(=O)NC(CC(=O)NC(CS(=O)(=O)O)C(=O)O)C(=O)NC(CC(=O)NC(CS(=O)(=O)O)C(=O)O)C(=O)NC(CC(=O)NC(CS(=O)(=O)O)C(=O)O)C(=O)O)C[C@H](C=O)C1. The Morgan fingerprint density at radius 1 is 0.438 bits per heavy atom. The molecule has 0 aromatic heterocycles. The monoisotopic (exact) mass is 982 g/mol. The number of hydrogen-bond acceptors (Lipinski definition) is 18. The topological polar surface area (TPSA) is 521 Å². The van der Waals surface area contributed by atoms with E-state index in [4.69, 9.17) is 13.7 Å². The fourth-order valence-corrected chi connectivity index (χ4v) is 7.71. The van der Waals surface area contributed by atoms with E-state index in [0.29, 0.717) is 12.6 Å². The maximum Gasteiger partial charge on any atom is 0.327 e. The van der Waals surface area contributed by atoms with E-state index in [1.165, 1.54) is 0 Å². The number of rotatable bonds is 27. The summed E-state index contributed by atoms with van der Waals surface area (Å²) in [5.74, 6) is -25.8. The van der Waals surface area contributed by atoms with Crippen LogP contribution in [-0.2, 0) is 87.9 Å². The van der Waals surface area contributed by atoms with Crippen molar-refractivity contribution in [3.8, 4) is 0 Å². The zero-order valence-corrected chi connectivity index (χ0v) is 34.9. The third-order valence-electron chi connectivity index (χ3n) is 8.62. The van der Waals surface area contributed by atoms with Crippen molar-refractivity contribution >= 4 is 102 Å². The van der Waals surface area contributed by atoms with Crippen molar-refractivity contribution in [1.29, 1.82) is 0 Å². The predicted molar refractivity (Wildman–Crippen MR) is 202 cm³/mol. The highest BCUT2D eigenvalue weighted by Crippen LogP contribution is 2.31. The Bertz CT molecular complexity index is 2180. The van der Waals surface area contributed by atoms with Crippen LogP contribution in [-0.4, -0.2) is 185 Å². The molecule has 6 amide bonds. The first-order chi connectivity index (χ1) is 29.2. The molecule has 0 saturated heterocycles. The zero-order chi connectivity index (χ0) is 49.5. The van der Waals surface area contributed by atoms with E-state index in [0.717, 1.165) is 0 Å². The Balaban J connectivity index is 3.71. The van der Waals surface area contributed by atoms with Gasteiger partial charge in [-0.2, -0.15) is 25.3 Å². The summed E-state index contributed by atoms with van der Waals surface area (Å²) in [6.45, 7) is 0. The number of aldehydes is 2. The number of hydrogen-bond donors (Lipinski definition) is 13. The van der Waals surface area contributed by atoms with Crippen molar-refractivity contribution in [2.75, 3.05) is 17.3 Å². The van der Waals surface area contributed by atoms with Crippen molar-refractivity contribution in [3.63, 3.8) is 0 Å². The van der Waals surface area contributed by atoms with Gasteiger partial charge < -0.3 is 61.9 Å². The number of carbonyl (C=O) groups excluding carboxylic acids is 8. The van der Waals surface area contributed by atoms with E-state index in [1.54, 1.807) is 26.6 Å². The molecule has 0 bridgehead atoms. The lowest BCUT2D eigenvalue weighted by Gasteiger charge is -2.30. The van der Waals surface area contributed by atoms with Crippen LogP contribution in [0.4, 0.5) is 0 Å². The minimum Gasteiger partial charge on any atom is -0.480 e. The highest BCUT2D eigenvalue weighted by atomic mass is 32.2. The Morgan fingerprint density at radius 3 is 1.00 bits per heavy atom. The van der Waals surface area contributed by atoms with Crippen molar-refractivity contribution in [1.82, 2.24) is 31.9 Å². The van der Waals surface area contributed by atoms with Crippen molar-refractivity contribution < 1.29 is 117 Å². The second-order valence-electron chi connectivity index (χ2n) is 14.0. The van der Waals surface area contributed by atoms with Gasteiger partial charge in [-0.15, -0.1) is 0 Å². The van der Waals surface area contributed by atoms with Gasteiger partial charge in [-0.1, -0.05) is 0 Å². The van der Waals surface area contributed by atoms with Gasteiger partial charge in [0.2, 0.25) is 35.4 Å². The minimum absolute atomic E-state index is 0.0168. The zero-order valence-electron chi connectivity index (χ0n) is 32.4. The number of amides is 6. The Morgan fingerprint density at radius 2 is 0.719 bits per heavy atom. The fourth-order valence-electron chi connectivity index (χ4n) is 5.77. The first-order valence-electron chi connectivity index (χ1n) is 17.7. The lowest BCUT2D eigenvalue weighted by Crippen LogP contribution is -2.59. The molecular weight excluding hydrogens is 941 g/mol. The third-order valence-corrected chi connectivity index (χ3v) is 10.9. The summed E-state index contributed by atoms with van der Waals surface area (Å²) in [7, 11) is -15.3. The summed E-state index contributed by atoms with van der Waals surface area (Å²) >= 11 is 0. The molecule has 1 saturated carbocycles. The third kappa shape index (κ3) is 21.2. The van der Waals surface area contributed by atoms with Crippen LogP contribution in [0.5, 0.6) is 0 Å². The molecule has 7 unspecified atom stereocenters. The lowest BCUT2D eigenvalue weighted by atomic mass is 9.76. The van der Waals surface area contributed by atoms with Crippen molar-refractivity contribution in [3.05, 3.63) is 0 Å². The summed E-state index contributed by atoms with van der Waals surface area (Å²) in [4.78, 5) is 149. The Kier molecular flexibility index (Phi) is 20.9. The Hall–Kier alpha value is -6.23. The molecule has 1 aliphatic rings. The van der Waals surface area contributed by atoms with Gasteiger partial charge >= 0.3 is 23.9 Å². The number of carbonyl (C=O) groups is 12. The smallest absolute Gasteiger partial charge is 0.327 e. The largest absolute Gasteiger partial charge is 0.480 e. The van der Waals surface area contributed by atoms with E-state index in [-0.39, 0.29) is 19.3 Å². The molecule has 31 nitrogen and oxygen atoms in total. The van der Waals surface area contributed by atoms with Gasteiger partial charge in [-0.25, -0.2) is 19.2 Å². The number of carboxylic acids is 4. The van der Waals surface area contributed by atoms with Gasteiger partial charge in [0.05, 0.1) is 19.3 Å². The van der Waals surface area contributed by atoms with Crippen LogP contribution in [0.1, 0.15) is 38.5 Å². The van der Waals surface area contributed by atoms with Crippen molar-refractivity contribution in [2.45, 2.75) is 74.8 Å². The van der Waals surface area contributed by atoms with Gasteiger partial charge in [-0.05, 0) is 19.3 Å². The van der Waals surface area contributed by atoms with Crippen LogP contribution in [0, 0.1) is 17.8 Å². The molecule has 13 N–H and O–H groups in total. The molecule has 0 aromatic rings. The average molecular weight is 983 g/mol. The molecule has 0 heterocycles. The van der Waals surface area contributed by atoms with Gasteiger partial charge in [0, 0.05) is 17.8 Å². The lowest BCUT2D eigenvalue weighted by molar-refractivity contribution is -0.145. The van der Waals surface area contributed by atoms with Crippen LogP contribution in [0.25, 0.3) is 0 Å². The molecule has 0 aliphatic heterocycles. The molecule has 0 radical (unpaired) electrons. The number of carboxylic acid groups (broad SMARTS) is 4. The molecule has 64 heavy (non-hydrogen) atoms. The molecule has 360 valence electrons. The van der Waals surface area contributed by atoms with E-state index < -0.39 is 180 Å². The normalized spacial score (nSPS) is 19.3. The second kappa shape index (κ2) is 24.0. The molecule has 1 aliphatic carbocycles. The van der Waals surface area contributed by atoms with Crippen molar-refractivity contribution in [2.24, 2.45) is 17.8 Å². The maximum absolute atomic E-state index is 13.8. The van der Waals surface area contributed by atoms with Gasteiger partial charge in [0.25, 0.3) is 30.4 Å². The first-order valence-corrected chi connectivity index (χ1v) is 22.5. The fraction of sp³-hybridized carbons (Fsp3) is 0.600. The maximum atomic E-state index is 13.8. The molecule has 1 fully saturated rings. The molecule has 9 atom stereocenters. The van der Waals surface area contributed by atoms with Gasteiger partial charge in [0.1, 0.15) is 66.1 Å². The minimum atomic E-state index is -5.15. The molecule has 0 aromatic carbocycles. The summed E-state index contributed by atoms with van der Waals surface area (Å²) in [6.07, 6.45) is -3.99. The first kappa shape index (κ1) is 55.8. The van der Waals surface area contributed by atoms with E-state index in [9.17, 15) is 103 Å². The summed E-state index contributed by atoms with van der Waals surface area (Å²) in [5, 5.41) is 47.8. The quantitative estimate of drug-likeness (QED) is 0.0269. The van der Waals surface area contributed by atoms with E-state index in [2.05, 4.69) is 0 Å². The van der Waals surface area contributed by atoms with E-state index >= 15 is 0 Å². The highest BCUT2D eigenvalue weighted by molar-refractivity contribution is 7.86. The standard InChI is InChI=1S/C30H42N6O25S3/c37-7-12-1-13(8-38)3-14(2-12)24(42)34-15(4-21(39)31-18(28(47)48)9-62(53,54)55)25(43)35-16(5-22(40)32-19(29(49)50)10-63(56,57)58)26(44)36-17(27(45)46)6-23(41)33-20(30(51)52)11-64(59,60)61/h7-8,12-20H,1-6,9-11H2,(H,31,39)(H,32,40)(H,33,41)(H,34,42)(H,35,43)(H,36,44)(H,45,46)(H,47,48)(H,49,50)(H,51,52)(H,53,54,55)(H,56,57,58)(H,59,60,61)/t12-,13+,14?,15?,16?,17?,18?,19?,20?. The molecular formula is C30H42N6O25S3. The molecule has 0 spiro atoms. The van der Waals surface area contributed by atoms with Crippen LogP contribution >= 0.6 is 0 Å². The molecule has 1 rings (SSSR count). The number of aliphatic carboxylic acids is 4. The highest BCUT2D eigenvalue weighted by Gasteiger charge is 2.38. The van der Waals surface area contributed by atoms with Crippen LogP contribution < -0.4 is 31.9 Å². The second-order valence-corrected chi connectivity index (χ2v) is 18.4. The number of nitrogens with one attached hydrogen (secondary N) is 6. The van der Waals surface area contributed by atoms with Gasteiger partial charge in [-0.3, -0.25) is 42.4 Å².